The number of benzene rings is 1. The summed E-state index contributed by atoms with van der Waals surface area (Å²) in [4.78, 5) is 5.64. The van der Waals surface area contributed by atoms with Crippen molar-refractivity contribution in [3.63, 3.8) is 0 Å². The molecule has 0 bridgehead atoms. The molecule has 0 fully saturated rings. The molecule has 0 saturated heterocycles. The maximum atomic E-state index is 10.1. The molecule has 0 aliphatic heterocycles. The van der Waals surface area contributed by atoms with Gasteiger partial charge in [-0.2, -0.15) is 0 Å². The van der Waals surface area contributed by atoms with E-state index in [1.807, 2.05) is 13.8 Å². The highest BCUT2D eigenvalue weighted by molar-refractivity contribution is 7.11. The van der Waals surface area contributed by atoms with Crippen molar-refractivity contribution in [2.24, 2.45) is 0 Å². The lowest BCUT2D eigenvalue weighted by atomic mass is 10.1. The maximum Gasteiger partial charge on any atom is 0.162 e. The van der Waals surface area contributed by atoms with Crippen LogP contribution in [0.5, 0.6) is 11.5 Å². The predicted molar refractivity (Wildman–Crippen MR) is 86.5 cm³/mol. The van der Waals surface area contributed by atoms with Crippen LogP contribution in [0.25, 0.3) is 0 Å². The van der Waals surface area contributed by atoms with Crippen molar-refractivity contribution in [2.45, 2.75) is 33.4 Å². The average Bonchev–Trinajstić information content (AvgIpc) is 2.78. The number of hydrogen-bond donors (Lipinski definition) is 2. The maximum absolute atomic E-state index is 10.1. The zero-order chi connectivity index (χ0) is 15.6. The first kappa shape index (κ1) is 16.1. The Morgan fingerprint density at radius 1 is 1.43 bits per heavy atom. The first-order valence-corrected chi connectivity index (χ1v) is 7.84. The molecule has 2 N–H and O–H groups in total. The molecule has 1 aromatic heterocycles. The van der Waals surface area contributed by atoms with Crippen molar-refractivity contribution in [1.29, 1.82) is 0 Å². The van der Waals surface area contributed by atoms with E-state index in [1.54, 1.807) is 23.5 Å². The van der Waals surface area contributed by atoms with Crippen molar-refractivity contribution in [3.8, 4) is 11.5 Å². The Balaban J connectivity index is 2.13. The summed E-state index contributed by atoms with van der Waals surface area (Å²) >= 11 is 7.72. The summed E-state index contributed by atoms with van der Waals surface area (Å²) in [5.74, 6) is 0.510. The molecule has 4 nitrogen and oxygen atoms in total. The minimum atomic E-state index is 0.124. The molecule has 0 amide bonds. The van der Waals surface area contributed by atoms with Gasteiger partial charge in [-0.05, 0) is 26.8 Å². The Kier molecular flexibility index (Phi) is 5.08. The minimum Gasteiger partial charge on any atom is -0.504 e. The van der Waals surface area contributed by atoms with E-state index in [2.05, 4.69) is 17.2 Å². The molecular formula is C15H19ClN2O2S. The molecule has 2 aromatic rings. The van der Waals surface area contributed by atoms with E-state index >= 15 is 0 Å². The van der Waals surface area contributed by atoms with Gasteiger partial charge in [0, 0.05) is 34.1 Å². The van der Waals surface area contributed by atoms with Gasteiger partial charge in [0.1, 0.15) is 0 Å². The van der Waals surface area contributed by atoms with Crippen molar-refractivity contribution in [3.05, 3.63) is 38.3 Å². The van der Waals surface area contributed by atoms with Crippen LogP contribution in [0, 0.1) is 13.8 Å². The van der Waals surface area contributed by atoms with E-state index in [9.17, 15) is 5.11 Å². The summed E-state index contributed by atoms with van der Waals surface area (Å²) in [7, 11) is 1.51. The highest BCUT2D eigenvalue weighted by Gasteiger charge is 2.15. The van der Waals surface area contributed by atoms with Gasteiger partial charge in [-0.15, -0.1) is 11.3 Å². The van der Waals surface area contributed by atoms with Gasteiger partial charge in [-0.25, -0.2) is 4.98 Å². The number of thiazole rings is 1. The van der Waals surface area contributed by atoms with Gasteiger partial charge in [-0.3, -0.25) is 0 Å². The first-order valence-electron chi connectivity index (χ1n) is 6.65. The molecule has 21 heavy (non-hydrogen) atoms. The van der Waals surface area contributed by atoms with Crippen molar-refractivity contribution in [1.82, 2.24) is 10.3 Å². The number of ether oxygens (including phenoxy) is 1. The Morgan fingerprint density at radius 3 is 2.71 bits per heavy atom. The fourth-order valence-corrected chi connectivity index (χ4v) is 3.41. The molecule has 0 radical (unpaired) electrons. The number of nitrogens with one attached hydrogen (secondary N) is 1. The summed E-state index contributed by atoms with van der Waals surface area (Å²) in [6.45, 7) is 6.59. The lowest BCUT2D eigenvalue weighted by Crippen LogP contribution is -2.18. The molecule has 0 aliphatic rings. The normalized spacial score (nSPS) is 12.4. The third-order valence-electron chi connectivity index (χ3n) is 3.27. The molecule has 1 atom stereocenters. The Bertz CT molecular complexity index is 643. The Morgan fingerprint density at radius 2 is 2.14 bits per heavy atom. The van der Waals surface area contributed by atoms with Crippen LogP contribution >= 0.6 is 22.9 Å². The number of hydrogen-bond acceptors (Lipinski definition) is 5. The summed E-state index contributed by atoms with van der Waals surface area (Å²) in [6.07, 6.45) is 0. The molecule has 0 spiro atoms. The van der Waals surface area contributed by atoms with Gasteiger partial charge >= 0.3 is 0 Å². The Hall–Kier alpha value is -1.30. The van der Waals surface area contributed by atoms with E-state index in [0.29, 0.717) is 22.9 Å². The summed E-state index contributed by atoms with van der Waals surface area (Å²) in [5, 5.41) is 15.1. The van der Waals surface area contributed by atoms with E-state index in [-0.39, 0.29) is 11.8 Å². The van der Waals surface area contributed by atoms with Crippen LogP contribution in [0.1, 0.15) is 34.1 Å². The smallest absolute Gasteiger partial charge is 0.162 e. The molecule has 1 unspecified atom stereocenters. The van der Waals surface area contributed by atoms with Crippen LogP contribution in [0.3, 0.4) is 0 Å². The van der Waals surface area contributed by atoms with Gasteiger partial charge in [0.25, 0.3) is 0 Å². The number of aryl methyl sites for hydroxylation is 2. The fraction of sp³-hybridized carbons (Fsp3) is 0.400. The lowest BCUT2D eigenvalue weighted by Gasteiger charge is -2.15. The largest absolute Gasteiger partial charge is 0.504 e. The second-order valence-corrected chi connectivity index (χ2v) is 6.57. The van der Waals surface area contributed by atoms with Gasteiger partial charge < -0.3 is 15.2 Å². The molecule has 114 valence electrons. The standard InChI is InChI=1S/C15H19ClN2O2S/c1-8(15-9(2)18-10(3)21-15)17-7-11-5-12(16)6-13(20-4)14(11)19/h5-6,8,17,19H,7H2,1-4H3. The fourth-order valence-electron chi connectivity index (χ4n) is 2.22. The quantitative estimate of drug-likeness (QED) is 0.872. The van der Waals surface area contributed by atoms with Crippen molar-refractivity contribution >= 4 is 22.9 Å². The topological polar surface area (TPSA) is 54.4 Å². The van der Waals surface area contributed by atoms with E-state index in [4.69, 9.17) is 16.3 Å². The SMILES string of the molecule is COc1cc(Cl)cc(CNC(C)c2sc(C)nc2C)c1O. The second-order valence-electron chi connectivity index (χ2n) is 4.90. The zero-order valence-electron chi connectivity index (χ0n) is 12.5. The van der Waals surface area contributed by atoms with E-state index in [1.165, 1.54) is 12.0 Å². The van der Waals surface area contributed by atoms with Crippen molar-refractivity contribution < 1.29 is 9.84 Å². The second kappa shape index (κ2) is 6.64. The molecule has 1 heterocycles. The predicted octanol–water partition coefficient (Wildman–Crippen LogP) is 3.98. The van der Waals surface area contributed by atoms with Crippen LogP contribution in [-0.2, 0) is 6.54 Å². The van der Waals surface area contributed by atoms with Crippen LogP contribution in [0.4, 0.5) is 0 Å². The number of aromatic hydroxyl groups is 1. The number of halogens is 1. The zero-order valence-corrected chi connectivity index (χ0v) is 14.1. The number of aromatic nitrogens is 1. The van der Waals surface area contributed by atoms with E-state index < -0.39 is 0 Å². The number of phenolic OH excluding ortho intramolecular Hbond substituents is 1. The van der Waals surface area contributed by atoms with Crippen LogP contribution < -0.4 is 10.1 Å². The van der Waals surface area contributed by atoms with Gasteiger partial charge in [0.15, 0.2) is 11.5 Å². The Labute approximate surface area is 133 Å². The van der Waals surface area contributed by atoms with Gasteiger partial charge in [-0.1, -0.05) is 11.6 Å². The molecule has 0 saturated carbocycles. The van der Waals surface area contributed by atoms with Crippen LogP contribution in [0.15, 0.2) is 12.1 Å². The molecule has 6 heteroatoms. The molecule has 0 aliphatic carbocycles. The highest BCUT2D eigenvalue weighted by Crippen LogP contribution is 2.34. The van der Waals surface area contributed by atoms with E-state index in [0.717, 1.165) is 10.7 Å². The summed E-state index contributed by atoms with van der Waals surface area (Å²) < 4.78 is 5.11. The summed E-state index contributed by atoms with van der Waals surface area (Å²) in [5.41, 5.74) is 1.76. The first-order chi connectivity index (χ1) is 9.92. The number of phenols is 1. The van der Waals surface area contributed by atoms with Crippen molar-refractivity contribution in [2.75, 3.05) is 7.11 Å². The number of rotatable bonds is 5. The molecule has 1 aromatic carbocycles. The third-order valence-corrected chi connectivity index (χ3v) is 4.74. The molecule has 2 rings (SSSR count). The van der Waals surface area contributed by atoms with Gasteiger partial charge in [0.2, 0.25) is 0 Å². The van der Waals surface area contributed by atoms with Crippen LogP contribution in [0.2, 0.25) is 5.02 Å². The average molecular weight is 327 g/mol. The lowest BCUT2D eigenvalue weighted by molar-refractivity contribution is 0.369. The minimum absolute atomic E-state index is 0.124. The summed E-state index contributed by atoms with van der Waals surface area (Å²) in [6, 6.07) is 3.49. The third kappa shape index (κ3) is 3.67. The number of nitrogens with zero attached hydrogens (tertiary/aromatic N) is 1. The van der Waals surface area contributed by atoms with Gasteiger partial charge in [0.05, 0.1) is 17.8 Å². The molecular weight excluding hydrogens is 308 g/mol. The number of methoxy groups -OCH3 is 1. The highest BCUT2D eigenvalue weighted by atomic mass is 35.5. The monoisotopic (exact) mass is 326 g/mol. The van der Waals surface area contributed by atoms with Crippen LogP contribution in [-0.4, -0.2) is 17.2 Å².